The Bertz CT molecular complexity index is 1090. The van der Waals surface area contributed by atoms with E-state index in [-0.39, 0.29) is 5.82 Å². The first-order valence-electron chi connectivity index (χ1n) is 11.2. The topological polar surface area (TPSA) is 22.9 Å². The SMILES string of the molecule is CN1CCN2c3c(cccc31)[C@@H]1CN(CCCc3c(F)ccc4occc34)CC[C@@H]12. The summed E-state index contributed by atoms with van der Waals surface area (Å²) in [5.74, 6) is 0.479. The zero-order valence-corrected chi connectivity index (χ0v) is 17.5. The van der Waals surface area contributed by atoms with Gasteiger partial charge in [-0.1, -0.05) is 12.1 Å². The Kier molecular flexibility index (Phi) is 4.27. The first-order valence-corrected chi connectivity index (χ1v) is 11.2. The number of anilines is 2. The van der Waals surface area contributed by atoms with E-state index < -0.39 is 0 Å². The zero-order valence-electron chi connectivity index (χ0n) is 17.5. The fraction of sp³-hybridized carbons (Fsp3) is 0.440. The highest BCUT2D eigenvalue weighted by molar-refractivity contribution is 5.81. The maximum absolute atomic E-state index is 14.4. The highest BCUT2D eigenvalue weighted by Crippen LogP contribution is 2.50. The van der Waals surface area contributed by atoms with Crippen LogP contribution in [0.25, 0.3) is 11.0 Å². The first-order chi connectivity index (χ1) is 14.7. The number of furan rings is 1. The number of benzene rings is 2. The molecule has 0 saturated carbocycles. The minimum Gasteiger partial charge on any atom is -0.464 e. The van der Waals surface area contributed by atoms with Crippen LogP contribution in [0.15, 0.2) is 47.1 Å². The predicted molar refractivity (Wildman–Crippen MR) is 119 cm³/mol. The molecule has 4 nitrogen and oxygen atoms in total. The van der Waals surface area contributed by atoms with Crippen molar-refractivity contribution >= 4 is 22.3 Å². The molecule has 5 heteroatoms. The van der Waals surface area contributed by atoms with Gasteiger partial charge in [0.15, 0.2) is 0 Å². The van der Waals surface area contributed by atoms with Crippen molar-refractivity contribution in [3.8, 4) is 0 Å². The molecule has 3 aromatic rings. The molecule has 1 fully saturated rings. The maximum Gasteiger partial charge on any atom is 0.134 e. The van der Waals surface area contributed by atoms with Crippen LogP contribution in [0.5, 0.6) is 0 Å². The quantitative estimate of drug-likeness (QED) is 0.631. The molecule has 0 aliphatic carbocycles. The van der Waals surface area contributed by atoms with Crippen molar-refractivity contribution < 1.29 is 8.81 Å². The van der Waals surface area contributed by atoms with Crippen molar-refractivity contribution in [3.05, 3.63) is 59.6 Å². The van der Waals surface area contributed by atoms with Crippen LogP contribution in [-0.2, 0) is 6.42 Å². The van der Waals surface area contributed by atoms with Gasteiger partial charge in [-0.15, -0.1) is 0 Å². The smallest absolute Gasteiger partial charge is 0.134 e. The average molecular weight is 406 g/mol. The Balaban J connectivity index is 1.16. The molecule has 4 heterocycles. The fourth-order valence-corrected chi connectivity index (χ4v) is 5.99. The molecule has 3 aliphatic rings. The van der Waals surface area contributed by atoms with E-state index >= 15 is 0 Å². The van der Waals surface area contributed by atoms with E-state index in [9.17, 15) is 4.39 Å². The Hall–Kier alpha value is -2.53. The molecule has 156 valence electrons. The molecule has 0 unspecified atom stereocenters. The monoisotopic (exact) mass is 405 g/mol. The molecule has 30 heavy (non-hydrogen) atoms. The van der Waals surface area contributed by atoms with Gasteiger partial charge < -0.3 is 19.1 Å². The lowest BCUT2D eigenvalue weighted by atomic mass is 9.89. The number of aryl methyl sites for hydroxylation is 1. The number of likely N-dealkylation sites (N-methyl/N-ethyl adjacent to an activating group) is 1. The van der Waals surface area contributed by atoms with E-state index in [0.29, 0.717) is 12.0 Å². The lowest BCUT2D eigenvalue weighted by Gasteiger charge is -2.41. The summed E-state index contributed by atoms with van der Waals surface area (Å²) in [5.41, 5.74) is 5.98. The van der Waals surface area contributed by atoms with Gasteiger partial charge in [0.05, 0.1) is 17.6 Å². The van der Waals surface area contributed by atoms with Crippen molar-refractivity contribution in [1.82, 2.24) is 4.90 Å². The van der Waals surface area contributed by atoms with Gasteiger partial charge in [-0.3, -0.25) is 0 Å². The Morgan fingerprint density at radius 1 is 1.10 bits per heavy atom. The molecule has 6 rings (SSSR count). The van der Waals surface area contributed by atoms with Gasteiger partial charge >= 0.3 is 0 Å². The summed E-state index contributed by atoms with van der Waals surface area (Å²) < 4.78 is 19.8. The summed E-state index contributed by atoms with van der Waals surface area (Å²) in [6, 6.07) is 12.6. The second kappa shape index (κ2) is 7.02. The summed E-state index contributed by atoms with van der Waals surface area (Å²) in [7, 11) is 2.21. The standard InChI is InChI=1S/C25H28FN3O/c1-27-13-14-29-22-9-12-28(16-20(22)19-4-2-6-23(27)25(19)29)11-3-5-17-18-10-15-30-24(18)8-7-21(17)26/h2,4,6-8,10,15,20,22H,3,5,9,11-14,16H2,1H3/t20-,22-/m0/s1. The highest BCUT2D eigenvalue weighted by atomic mass is 19.1. The van der Waals surface area contributed by atoms with E-state index in [1.54, 1.807) is 12.3 Å². The van der Waals surface area contributed by atoms with Gasteiger partial charge in [-0.25, -0.2) is 4.39 Å². The molecule has 0 amide bonds. The molecule has 3 aliphatic heterocycles. The largest absolute Gasteiger partial charge is 0.464 e. The van der Waals surface area contributed by atoms with Gasteiger partial charge in [0.2, 0.25) is 0 Å². The van der Waals surface area contributed by atoms with Crippen LogP contribution < -0.4 is 9.80 Å². The molecule has 0 bridgehead atoms. The summed E-state index contributed by atoms with van der Waals surface area (Å²) in [5, 5.41) is 0.920. The number of piperidine rings is 1. The normalized spacial score (nSPS) is 23.1. The predicted octanol–water partition coefficient (Wildman–Crippen LogP) is 4.63. The number of hydrogen-bond acceptors (Lipinski definition) is 4. The molecule has 1 aromatic heterocycles. The summed E-state index contributed by atoms with van der Waals surface area (Å²) in [6.07, 6.45) is 4.59. The Morgan fingerprint density at radius 2 is 2.03 bits per heavy atom. The number of fused-ring (bicyclic) bond motifs is 4. The van der Waals surface area contributed by atoms with Crippen LogP contribution >= 0.6 is 0 Å². The molecule has 1 saturated heterocycles. The molecule has 0 N–H and O–H groups in total. The van der Waals surface area contributed by atoms with Crippen molar-refractivity contribution in [2.24, 2.45) is 0 Å². The minimum absolute atomic E-state index is 0.113. The average Bonchev–Trinajstić information content (AvgIpc) is 3.36. The van der Waals surface area contributed by atoms with Crippen LogP contribution in [0.4, 0.5) is 15.8 Å². The zero-order chi connectivity index (χ0) is 20.2. The third kappa shape index (κ3) is 2.75. The van der Waals surface area contributed by atoms with Gasteiger partial charge in [0.25, 0.3) is 0 Å². The number of halogens is 1. The van der Waals surface area contributed by atoms with E-state index in [2.05, 4.69) is 39.9 Å². The fourth-order valence-electron chi connectivity index (χ4n) is 5.99. The van der Waals surface area contributed by atoms with Gasteiger partial charge in [0, 0.05) is 50.6 Å². The second-order valence-corrected chi connectivity index (χ2v) is 9.05. The van der Waals surface area contributed by atoms with Crippen molar-refractivity contribution in [1.29, 1.82) is 0 Å². The third-order valence-electron chi connectivity index (χ3n) is 7.47. The van der Waals surface area contributed by atoms with Crippen molar-refractivity contribution in [2.45, 2.75) is 31.2 Å². The number of hydrogen-bond donors (Lipinski definition) is 0. The number of para-hydroxylation sites is 1. The second-order valence-electron chi connectivity index (χ2n) is 9.05. The van der Waals surface area contributed by atoms with Crippen LogP contribution in [0.1, 0.15) is 29.9 Å². The molecule has 2 atom stereocenters. The van der Waals surface area contributed by atoms with Crippen LogP contribution in [-0.4, -0.2) is 50.7 Å². The van der Waals surface area contributed by atoms with Crippen molar-refractivity contribution in [2.75, 3.05) is 49.6 Å². The lowest BCUT2D eigenvalue weighted by Crippen LogP contribution is -2.49. The number of likely N-dealkylation sites (tertiary alicyclic amines) is 1. The molecule has 2 aromatic carbocycles. The van der Waals surface area contributed by atoms with Gasteiger partial charge in [0.1, 0.15) is 11.4 Å². The molecular formula is C25H28FN3O. The third-order valence-corrected chi connectivity index (χ3v) is 7.47. The Morgan fingerprint density at radius 3 is 2.97 bits per heavy atom. The number of rotatable bonds is 4. The van der Waals surface area contributed by atoms with Crippen molar-refractivity contribution in [3.63, 3.8) is 0 Å². The minimum atomic E-state index is -0.113. The Labute approximate surface area is 176 Å². The highest BCUT2D eigenvalue weighted by Gasteiger charge is 2.44. The maximum atomic E-state index is 14.4. The lowest BCUT2D eigenvalue weighted by molar-refractivity contribution is 0.191. The summed E-state index contributed by atoms with van der Waals surface area (Å²) >= 11 is 0. The van der Waals surface area contributed by atoms with Gasteiger partial charge in [-0.05, 0) is 61.2 Å². The van der Waals surface area contributed by atoms with E-state index in [4.69, 9.17) is 4.42 Å². The van der Waals surface area contributed by atoms with E-state index in [1.807, 2.05) is 6.07 Å². The van der Waals surface area contributed by atoms with E-state index in [0.717, 1.165) is 62.1 Å². The number of nitrogens with zero attached hydrogens (tertiary/aromatic N) is 3. The molecule has 0 radical (unpaired) electrons. The van der Waals surface area contributed by atoms with Gasteiger partial charge in [-0.2, -0.15) is 0 Å². The summed E-state index contributed by atoms with van der Waals surface area (Å²) in [6.45, 7) is 5.50. The van der Waals surface area contributed by atoms with E-state index in [1.165, 1.54) is 29.4 Å². The van der Waals surface area contributed by atoms with Crippen LogP contribution in [0.2, 0.25) is 0 Å². The van der Waals surface area contributed by atoms with Crippen LogP contribution in [0.3, 0.4) is 0 Å². The molecular weight excluding hydrogens is 377 g/mol. The van der Waals surface area contributed by atoms with Crippen LogP contribution in [0, 0.1) is 5.82 Å². The first kappa shape index (κ1) is 18.3. The summed E-state index contributed by atoms with van der Waals surface area (Å²) in [4.78, 5) is 7.67. The molecule has 0 spiro atoms.